The molecule has 12 aromatic rings. The summed E-state index contributed by atoms with van der Waals surface area (Å²) in [6.07, 6.45) is 0. The van der Waals surface area contributed by atoms with E-state index in [0.29, 0.717) is 0 Å². The summed E-state index contributed by atoms with van der Waals surface area (Å²) >= 11 is 1.87. The van der Waals surface area contributed by atoms with Crippen molar-refractivity contribution in [2.24, 2.45) is 0 Å². The monoisotopic (exact) mass is 935 g/mol. The summed E-state index contributed by atoms with van der Waals surface area (Å²) in [5.41, 5.74) is 18.9. The van der Waals surface area contributed by atoms with Gasteiger partial charge in [0.25, 0.3) is 0 Å². The molecule has 2 aliphatic heterocycles. The molecule has 4 aliphatic rings. The van der Waals surface area contributed by atoms with Gasteiger partial charge < -0.3 is 14.4 Å². The number of ether oxygens (including phenoxy) is 2. The third-order valence-electron chi connectivity index (χ3n) is 16.0. The lowest BCUT2D eigenvalue weighted by Gasteiger charge is -2.40. The zero-order valence-corrected chi connectivity index (χ0v) is 39.7. The van der Waals surface area contributed by atoms with Crippen molar-refractivity contribution in [3.05, 3.63) is 293 Å². The molecule has 4 heteroatoms. The fourth-order valence-corrected chi connectivity index (χ4v) is 14.4. The summed E-state index contributed by atoms with van der Waals surface area (Å²) in [6.45, 7) is 0. The van der Waals surface area contributed by atoms with E-state index >= 15 is 0 Å². The van der Waals surface area contributed by atoms with Crippen molar-refractivity contribution in [3.63, 3.8) is 0 Å². The Morgan fingerprint density at radius 1 is 0.292 bits per heavy atom. The van der Waals surface area contributed by atoms with Crippen LogP contribution in [-0.2, 0) is 10.8 Å². The van der Waals surface area contributed by atoms with Gasteiger partial charge in [0.2, 0.25) is 0 Å². The molecule has 0 fully saturated rings. The van der Waals surface area contributed by atoms with Gasteiger partial charge in [0.15, 0.2) is 0 Å². The van der Waals surface area contributed by atoms with Gasteiger partial charge in [-0.1, -0.05) is 182 Å². The van der Waals surface area contributed by atoms with Crippen LogP contribution in [0.2, 0.25) is 0 Å². The molecule has 336 valence electrons. The largest absolute Gasteiger partial charge is 0.457 e. The van der Waals surface area contributed by atoms with Gasteiger partial charge in [-0.05, 0) is 122 Å². The van der Waals surface area contributed by atoms with E-state index in [0.717, 1.165) is 62.3 Å². The first kappa shape index (κ1) is 39.8. The first-order chi connectivity index (χ1) is 35.7. The van der Waals surface area contributed by atoms with E-state index in [-0.39, 0.29) is 0 Å². The van der Waals surface area contributed by atoms with Crippen LogP contribution in [-0.4, -0.2) is 0 Å². The molecule has 0 amide bonds. The van der Waals surface area contributed by atoms with E-state index in [9.17, 15) is 0 Å². The Balaban J connectivity index is 0.954. The highest BCUT2D eigenvalue weighted by Gasteiger charge is 2.53. The summed E-state index contributed by atoms with van der Waals surface area (Å²) in [5, 5.41) is 2.60. The maximum atomic E-state index is 6.76. The highest BCUT2D eigenvalue weighted by atomic mass is 32.1. The van der Waals surface area contributed by atoms with E-state index in [1.54, 1.807) is 0 Å². The third-order valence-corrected chi connectivity index (χ3v) is 17.2. The number of thiophene rings is 1. The molecule has 0 unspecified atom stereocenters. The summed E-state index contributed by atoms with van der Waals surface area (Å²) in [5.74, 6) is 3.52. The van der Waals surface area contributed by atoms with Crippen molar-refractivity contribution in [2.75, 3.05) is 4.90 Å². The molecule has 16 rings (SSSR count). The first-order valence-electron chi connectivity index (χ1n) is 24.7. The van der Waals surface area contributed by atoms with Crippen molar-refractivity contribution >= 4 is 48.6 Å². The number of hydrogen-bond acceptors (Lipinski definition) is 4. The molecule has 0 saturated heterocycles. The van der Waals surface area contributed by atoms with Gasteiger partial charge in [0.1, 0.15) is 23.0 Å². The molecule has 0 radical (unpaired) electrons. The third kappa shape index (κ3) is 5.18. The second kappa shape index (κ2) is 14.8. The number of fused-ring (bicyclic) bond motifs is 21. The maximum Gasteiger partial charge on any atom is 0.132 e. The standard InChI is InChI=1S/C68H41NO2S/c1-4-21-53-47(16-1)49-38-36-44(40-59(49)67(53)55-23-6-10-27-61(55)70-62-28-11-7-24-56(62)67)69(43-34-32-42(33-35-43)46-19-15-20-52-51-18-3-14-31-65(51)72-66(46)52)45-37-39-50-48-17-2-5-22-54(48)68(60(50)41-45)57-25-8-12-29-63(57)71-64-30-13-9-26-58(64)68/h1-41H. The summed E-state index contributed by atoms with van der Waals surface area (Å²) < 4.78 is 16.1. The van der Waals surface area contributed by atoms with E-state index < -0.39 is 10.8 Å². The quantitative estimate of drug-likeness (QED) is 0.176. The lowest BCUT2D eigenvalue weighted by molar-refractivity contribution is 0.436. The average Bonchev–Trinajstić information content (AvgIpc) is 4.07. The van der Waals surface area contributed by atoms with Gasteiger partial charge in [-0.2, -0.15) is 0 Å². The number of benzene rings is 11. The van der Waals surface area contributed by atoms with Crippen LogP contribution in [0.3, 0.4) is 0 Å². The zero-order chi connectivity index (χ0) is 47.1. The van der Waals surface area contributed by atoms with Gasteiger partial charge in [-0.15, -0.1) is 11.3 Å². The Hall–Kier alpha value is -8.96. The van der Waals surface area contributed by atoms with Crippen LogP contribution in [0.15, 0.2) is 249 Å². The molecule has 2 aliphatic carbocycles. The highest BCUT2D eigenvalue weighted by Crippen LogP contribution is 2.65. The molecule has 0 saturated carbocycles. The SMILES string of the molecule is c1ccc2c(c1)Oc1ccccc1C21c2ccccc2-c2ccc(N(c3ccc(-c4cccc5c4sc4ccccc45)cc3)c3ccc4c(c3)C3(c5ccccc5Oc5ccccc53)c3ccccc3-4)cc21. The second-order valence-corrected chi connectivity index (χ2v) is 20.5. The fraction of sp³-hybridized carbons (Fsp3) is 0.0294. The molecule has 0 atom stereocenters. The van der Waals surface area contributed by atoms with E-state index in [4.69, 9.17) is 9.47 Å². The molecule has 3 heterocycles. The van der Waals surface area contributed by atoms with Crippen LogP contribution >= 0.6 is 11.3 Å². The minimum Gasteiger partial charge on any atom is -0.457 e. The highest BCUT2D eigenvalue weighted by molar-refractivity contribution is 7.26. The van der Waals surface area contributed by atoms with Crippen molar-refractivity contribution in [3.8, 4) is 56.4 Å². The van der Waals surface area contributed by atoms with Crippen LogP contribution in [0.5, 0.6) is 23.0 Å². The smallest absolute Gasteiger partial charge is 0.132 e. The van der Waals surface area contributed by atoms with Crippen molar-refractivity contribution in [1.82, 2.24) is 0 Å². The Morgan fingerprint density at radius 3 is 1.19 bits per heavy atom. The van der Waals surface area contributed by atoms with Gasteiger partial charge in [0, 0.05) is 59.5 Å². The summed E-state index contributed by atoms with van der Waals surface area (Å²) in [6, 6.07) is 91.5. The van der Waals surface area contributed by atoms with Gasteiger partial charge >= 0.3 is 0 Å². The number of rotatable bonds is 4. The number of nitrogens with zero attached hydrogens (tertiary/aromatic N) is 1. The molecule has 0 bridgehead atoms. The van der Waals surface area contributed by atoms with E-state index in [1.165, 1.54) is 75.8 Å². The molecular weight excluding hydrogens is 895 g/mol. The predicted molar refractivity (Wildman–Crippen MR) is 294 cm³/mol. The van der Waals surface area contributed by atoms with Crippen LogP contribution in [0.4, 0.5) is 17.1 Å². The molecule has 11 aromatic carbocycles. The maximum absolute atomic E-state index is 6.76. The van der Waals surface area contributed by atoms with Crippen LogP contribution in [0, 0.1) is 0 Å². The Bertz CT molecular complexity index is 3970. The number of hydrogen-bond donors (Lipinski definition) is 0. The number of anilines is 3. The van der Waals surface area contributed by atoms with Gasteiger partial charge in [-0.3, -0.25) is 0 Å². The minimum absolute atomic E-state index is 0.620. The first-order valence-corrected chi connectivity index (χ1v) is 25.5. The number of para-hydroxylation sites is 4. The topological polar surface area (TPSA) is 21.7 Å². The Morgan fingerprint density at radius 2 is 0.681 bits per heavy atom. The van der Waals surface area contributed by atoms with Crippen LogP contribution in [0.25, 0.3) is 53.6 Å². The van der Waals surface area contributed by atoms with Crippen LogP contribution in [0.1, 0.15) is 44.5 Å². The zero-order valence-electron chi connectivity index (χ0n) is 38.8. The molecular formula is C68H41NO2S. The molecule has 72 heavy (non-hydrogen) atoms. The van der Waals surface area contributed by atoms with Crippen molar-refractivity contribution < 1.29 is 9.47 Å². The summed E-state index contributed by atoms with van der Waals surface area (Å²) in [4.78, 5) is 2.48. The average molecular weight is 936 g/mol. The lowest BCUT2D eigenvalue weighted by Crippen LogP contribution is -2.32. The fourth-order valence-electron chi connectivity index (χ4n) is 13.2. The Labute approximate surface area is 421 Å². The molecule has 0 N–H and O–H groups in total. The van der Waals surface area contributed by atoms with E-state index in [2.05, 4.69) is 254 Å². The normalized spacial score (nSPS) is 14.3. The van der Waals surface area contributed by atoms with Crippen molar-refractivity contribution in [2.45, 2.75) is 10.8 Å². The van der Waals surface area contributed by atoms with E-state index in [1.807, 2.05) is 11.3 Å². The Kier molecular flexibility index (Phi) is 8.18. The predicted octanol–water partition coefficient (Wildman–Crippen LogP) is 18.1. The minimum atomic E-state index is -0.620. The second-order valence-electron chi connectivity index (χ2n) is 19.4. The van der Waals surface area contributed by atoms with Crippen LogP contribution < -0.4 is 14.4 Å². The van der Waals surface area contributed by atoms with Crippen molar-refractivity contribution in [1.29, 1.82) is 0 Å². The molecule has 2 spiro atoms. The molecule has 3 nitrogen and oxygen atoms in total. The molecule has 1 aromatic heterocycles. The lowest BCUT2D eigenvalue weighted by atomic mass is 9.66. The van der Waals surface area contributed by atoms with Gasteiger partial charge in [0.05, 0.1) is 10.8 Å². The van der Waals surface area contributed by atoms with Gasteiger partial charge in [-0.25, -0.2) is 0 Å². The summed E-state index contributed by atoms with van der Waals surface area (Å²) in [7, 11) is 0.